The Bertz CT molecular complexity index is 556. The van der Waals surface area contributed by atoms with Crippen molar-refractivity contribution in [3.05, 3.63) is 35.2 Å². The van der Waals surface area contributed by atoms with E-state index < -0.39 is 0 Å². The van der Waals surface area contributed by atoms with E-state index in [0.717, 1.165) is 18.5 Å². The van der Waals surface area contributed by atoms with Gasteiger partial charge in [0.1, 0.15) is 0 Å². The van der Waals surface area contributed by atoms with Crippen LogP contribution in [0.15, 0.2) is 28.8 Å². The second-order valence-corrected chi connectivity index (χ2v) is 5.20. The van der Waals surface area contributed by atoms with Crippen LogP contribution in [0.3, 0.4) is 0 Å². The van der Waals surface area contributed by atoms with Crippen molar-refractivity contribution < 1.29 is 4.52 Å². The van der Waals surface area contributed by atoms with E-state index in [4.69, 9.17) is 16.1 Å². The van der Waals surface area contributed by atoms with Crippen molar-refractivity contribution in [2.45, 2.75) is 39.2 Å². The first-order valence-electron chi connectivity index (χ1n) is 6.99. The molecular weight excluding hydrogens is 274 g/mol. The fourth-order valence-corrected chi connectivity index (χ4v) is 2.50. The van der Waals surface area contributed by atoms with Crippen LogP contribution in [-0.4, -0.2) is 22.7 Å². The van der Waals surface area contributed by atoms with Crippen molar-refractivity contribution >= 4 is 11.6 Å². The van der Waals surface area contributed by atoms with E-state index in [1.807, 2.05) is 24.3 Å². The summed E-state index contributed by atoms with van der Waals surface area (Å²) in [6, 6.07) is 7.84. The van der Waals surface area contributed by atoms with Crippen LogP contribution >= 0.6 is 11.6 Å². The number of benzene rings is 1. The number of nitrogens with zero attached hydrogens (tertiary/aromatic N) is 2. The van der Waals surface area contributed by atoms with Gasteiger partial charge in [-0.3, -0.25) is 0 Å². The van der Waals surface area contributed by atoms with Gasteiger partial charge in [-0.05, 0) is 25.1 Å². The van der Waals surface area contributed by atoms with Gasteiger partial charge in [-0.25, -0.2) is 0 Å². The first kappa shape index (κ1) is 15.0. The molecule has 0 aliphatic rings. The highest BCUT2D eigenvalue weighted by Crippen LogP contribution is 2.27. The molecule has 2 atom stereocenters. The molecule has 2 aromatic rings. The summed E-state index contributed by atoms with van der Waals surface area (Å²) in [6.07, 6.45) is 1.01. The number of nitrogens with one attached hydrogen (secondary N) is 1. The predicted molar refractivity (Wildman–Crippen MR) is 80.9 cm³/mol. The Hall–Kier alpha value is -1.39. The lowest BCUT2D eigenvalue weighted by atomic mass is 9.99. The second kappa shape index (κ2) is 6.86. The lowest BCUT2D eigenvalue weighted by Crippen LogP contribution is -2.33. The minimum atomic E-state index is 0.170. The Labute approximate surface area is 124 Å². The second-order valence-electron chi connectivity index (χ2n) is 4.80. The van der Waals surface area contributed by atoms with Gasteiger partial charge in [0.05, 0.1) is 10.9 Å². The zero-order valence-corrected chi connectivity index (χ0v) is 12.8. The number of rotatable bonds is 6. The van der Waals surface area contributed by atoms with Crippen LogP contribution in [0, 0.1) is 0 Å². The van der Waals surface area contributed by atoms with Gasteiger partial charge in [0.25, 0.3) is 0 Å². The van der Waals surface area contributed by atoms with Crippen LogP contribution in [0.1, 0.15) is 39.0 Å². The minimum Gasteiger partial charge on any atom is -0.339 e. The van der Waals surface area contributed by atoms with Crippen molar-refractivity contribution in [2.24, 2.45) is 0 Å². The molecule has 1 aromatic heterocycles. The summed E-state index contributed by atoms with van der Waals surface area (Å²) >= 11 is 6.15. The molecule has 0 aliphatic carbocycles. The molecule has 0 spiro atoms. The highest BCUT2D eigenvalue weighted by atomic mass is 35.5. The molecule has 20 heavy (non-hydrogen) atoms. The van der Waals surface area contributed by atoms with Crippen LogP contribution in [-0.2, 0) is 0 Å². The van der Waals surface area contributed by atoms with E-state index in [9.17, 15) is 0 Å². The van der Waals surface area contributed by atoms with Crippen LogP contribution < -0.4 is 5.32 Å². The summed E-state index contributed by atoms with van der Waals surface area (Å²) in [7, 11) is 0. The number of halogens is 1. The van der Waals surface area contributed by atoms with Crippen molar-refractivity contribution in [1.29, 1.82) is 0 Å². The Morgan fingerprint density at radius 1 is 1.30 bits per heavy atom. The summed E-state index contributed by atoms with van der Waals surface area (Å²) in [5, 5.41) is 8.11. The molecule has 0 radical (unpaired) electrons. The van der Waals surface area contributed by atoms with E-state index >= 15 is 0 Å². The summed E-state index contributed by atoms with van der Waals surface area (Å²) in [5.74, 6) is 1.36. The first-order chi connectivity index (χ1) is 9.67. The topological polar surface area (TPSA) is 51.0 Å². The summed E-state index contributed by atoms with van der Waals surface area (Å²) in [6.45, 7) is 7.27. The zero-order chi connectivity index (χ0) is 14.5. The number of hydrogen-bond donors (Lipinski definition) is 1. The van der Waals surface area contributed by atoms with Gasteiger partial charge in [0.15, 0.2) is 0 Å². The molecule has 108 valence electrons. The molecule has 2 unspecified atom stereocenters. The lowest BCUT2D eigenvalue weighted by Gasteiger charge is -2.20. The van der Waals surface area contributed by atoms with Gasteiger partial charge in [-0.2, -0.15) is 4.98 Å². The van der Waals surface area contributed by atoms with Gasteiger partial charge in [-0.1, -0.05) is 49.7 Å². The largest absolute Gasteiger partial charge is 0.339 e. The molecule has 0 bridgehead atoms. The normalized spacial score (nSPS) is 14.2. The maximum atomic E-state index is 6.15. The zero-order valence-electron chi connectivity index (χ0n) is 12.1. The number of likely N-dealkylation sites (N-methyl/N-ethyl adjacent to an activating group) is 1. The fourth-order valence-electron chi connectivity index (χ4n) is 2.28. The Balaban J connectivity index is 2.22. The third-order valence-corrected chi connectivity index (χ3v) is 3.79. The predicted octanol–water partition coefficient (Wildman–Crippen LogP) is 3.88. The van der Waals surface area contributed by atoms with E-state index in [2.05, 4.69) is 36.2 Å². The molecule has 1 aromatic carbocycles. The lowest BCUT2D eigenvalue weighted by molar-refractivity contribution is 0.321. The quantitative estimate of drug-likeness (QED) is 0.878. The van der Waals surface area contributed by atoms with Gasteiger partial charge >= 0.3 is 0 Å². The van der Waals surface area contributed by atoms with Gasteiger partial charge in [0.2, 0.25) is 11.7 Å². The van der Waals surface area contributed by atoms with Gasteiger partial charge in [0, 0.05) is 11.6 Å². The van der Waals surface area contributed by atoms with E-state index in [-0.39, 0.29) is 5.92 Å². The van der Waals surface area contributed by atoms with Gasteiger partial charge in [-0.15, -0.1) is 0 Å². The molecule has 2 rings (SSSR count). The SMILES string of the molecule is CCNC(CC)C(C)c1nc(-c2ccccc2Cl)no1. The highest BCUT2D eigenvalue weighted by molar-refractivity contribution is 6.33. The Morgan fingerprint density at radius 3 is 2.70 bits per heavy atom. The fraction of sp³-hybridized carbons (Fsp3) is 0.467. The third kappa shape index (κ3) is 3.19. The Morgan fingerprint density at radius 2 is 2.05 bits per heavy atom. The van der Waals surface area contributed by atoms with Crippen LogP contribution in [0.25, 0.3) is 11.4 Å². The molecule has 0 saturated carbocycles. The maximum Gasteiger partial charge on any atom is 0.231 e. The average Bonchev–Trinajstić information content (AvgIpc) is 2.94. The molecule has 0 saturated heterocycles. The molecule has 0 aliphatic heterocycles. The molecule has 4 nitrogen and oxygen atoms in total. The molecule has 5 heteroatoms. The van der Waals surface area contributed by atoms with Crippen LogP contribution in [0.4, 0.5) is 0 Å². The third-order valence-electron chi connectivity index (χ3n) is 3.46. The summed E-state index contributed by atoms with van der Waals surface area (Å²) in [5.41, 5.74) is 0.799. The first-order valence-corrected chi connectivity index (χ1v) is 7.37. The van der Waals surface area contributed by atoms with Crippen molar-refractivity contribution in [3.8, 4) is 11.4 Å². The van der Waals surface area contributed by atoms with E-state index in [1.165, 1.54) is 0 Å². The van der Waals surface area contributed by atoms with E-state index in [1.54, 1.807) is 0 Å². The molecule has 0 fully saturated rings. The molecular formula is C15H20ClN3O. The minimum absolute atomic E-state index is 0.170. The van der Waals surface area contributed by atoms with Crippen LogP contribution in [0.5, 0.6) is 0 Å². The monoisotopic (exact) mass is 293 g/mol. The summed E-state index contributed by atoms with van der Waals surface area (Å²) in [4.78, 5) is 4.49. The Kier molecular flexibility index (Phi) is 5.15. The number of hydrogen-bond acceptors (Lipinski definition) is 4. The summed E-state index contributed by atoms with van der Waals surface area (Å²) < 4.78 is 5.41. The standard InChI is InChI=1S/C15H20ClN3O/c1-4-13(17-5-2)10(3)15-18-14(19-20-15)11-8-6-7-9-12(11)16/h6-10,13,17H,4-5H2,1-3H3. The maximum absolute atomic E-state index is 6.15. The highest BCUT2D eigenvalue weighted by Gasteiger charge is 2.23. The van der Waals surface area contributed by atoms with Crippen molar-refractivity contribution in [1.82, 2.24) is 15.5 Å². The van der Waals surface area contributed by atoms with Gasteiger partial charge < -0.3 is 9.84 Å². The van der Waals surface area contributed by atoms with E-state index in [0.29, 0.717) is 22.8 Å². The number of aromatic nitrogens is 2. The smallest absolute Gasteiger partial charge is 0.231 e. The average molecular weight is 294 g/mol. The van der Waals surface area contributed by atoms with Crippen molar-refractivity contribution in [3.63, 3.8) is 0 Å². The molecule has 1 N–H and O–H groups in total. The van der Waals surface area contributed by atoms with Crippen LogP contribution in [0.2, 0.25) is 5.02 Å². The molecule has 1 heterocycles. The molecule has 0 amide bonds. The van der Waals surface area contributed by atoms with Crippen molar-refractivity contribution in [2.75, 3.05) is 6.54 Å².